The average Bonchev–Trinajstić information content (AvgIpc) is 2.70. The Morgan fingerprint density at radius 1 is 1.33 bits per heavy atom. The number of pyridine rings is 1. The molecule has 0 atom stereocenters. The Bertz CT molecular complexity index is 530. The zero-order chi connectivity index (χ0) is 13.1. The van der Waals surface area contributed by atoms with E-state index in [1.165, 1.54) is 0 Å². The van der Waals surface area contributed by atoms with Crippen LogP contribution in [0.5, 0.6) is 0 Å². The summed E-state index contributed by atoms with van der Waals surface area (Å²) in [6.07, 6.45) is 4.04. The summed E-state index contributed by atoms with van der Waals surface area (Å²) < 4.78 is 1.94. The molecule has 96 valence electrons. The molecule has 0 aliphatic rings. The molecule has 0 fully saturated rings. The minimum Gasteiger partial charge on any atom is -0.383 e. The summed E-state index contributed by atoms with van der Waals surface area (Å²) in [5, 5.41) is 4.25. The van der Waals surface area contributed by atoms with Crippen molar-refractivity contribution in [2.75, 3.05) is 5.73 Å². The molecule has 0 aliphatic heterocycles. The van der Waals surface area contributed by atoms with Crippen molar-refractivity contribution in [1.29, 1.82) is 0 Å². The van der Waals surface area contributed by atoms with Gasteiger partial charge in [-0.2, -0.15) is 5.10 Å². The van der Waals surface area contributed by atoms with E-state index in [0.717, 1.165) is 23.5 Å². The van der Waals surface area contributed by atoms with E-state index >= 15 is 0 Å². The molecule has 0 radical (unpaired) electrons. The van der Waals surface area contributed by atoms with Crippen molar-refractivity contribution in [2.45, 2.75) is 33.7 Å². The number of nitrogens with two attached hydrogens (primary N) is 1. The summed E-state index contributed by atoms with van der Waals surface area (Å²) in [4.78, 5) is 8.47. The number of nitrogen functional groups attached to an aromatic ring is 1. The van der Waals surface area contributed by atoms with E-state index in [-0.39, 0.29) is 0 Å². The predicted octanol–water partition coefficient (Wildman–Crippen LogP) is 1.81. The minimum absolute atomic E-state index is 0.540. The molecule has 2 aromatic heterocycles. The van der Waals surface area contributed by atoms with Crippen molar-refractivity contribution in [3.8, 4) is 0 Å². The van der Waals surface area contributed by atoms with Crippen molar-refractivity contribution in [3.05, 3.63) is 35.5 Å². The quantitative estimate of drug-likeness (QED) is 0.891. The SMILES string of the molecule is Cc1cnc(N)c(Cc2ncnn2CC(C)C)c1. The van der Waals surface area contributed by atoms with Crippen LogP contribution in [0.2, 0.25) is 0 Å². The molecule has 0 saturated carbocycles. The zero-order valence-electron chi connectivity index (χ0n) is 11.1. The fraction of sp³-hybridized carbons (Fsp3) is 0.462. The van der Waals surface area contributed by atoms with Crippen molar-refractivity contribution >= 4 is 5.82 Å². The van der Waals surface area contributed by atoms with Crippen LogP contribution in [0, 0.1) is 12.8 Å². The number of rotatable bonds is 4. The van der Waals surface area contributed by atoms with Gasteiger partial charge in [-0.05, 0) is 18.4 Å². The molecule has 0 saturated heterocycles. The van der Waals surface area contributed by atoms with E-state index in [9.17, 15) is 0 Å². The molecule has 2 rings (SSSR count). The predicted molar refractivity (Wildman–Crippen MR) is 71.1 cm³/mol. The Morgan fingerprint density at radius 2 is 2.11 bits per heavy atom. The fourth-order valence-corrected chi connectivity index (χ4v) is 1.88. The molecule has 0 spiro atoms. The molecule has 5 nitrogen and oxygen atoms in total. The number of hydrogen-bond donors (Lipinski definition) is 1. The first-order valence-corrected chi connectivity index (χ1v) is 6.14. The molecule has 18 heavy (non-hydrogen) atoms. The van der Waals surface area contributed by atoms with Crippen LogP contribution in [-0.2, 0) is 13.0 Å². The highest BCUT2D eigenvalue weighted by molar-refractivity contribution is 5.42. The van der Waals surface area contributed by atoms with Gasteiger partial charge >= 0.3 is 0 Å². The Hall–Kier alpha value is -1.91. The second-order valence-corrected chi connectivity index (χ2v) is 4.99. The first-order valence-electron chi connectivity index (χ1n) is 6.14. The molecule has 0 aromatic carbocycles. The van der Waals surface area contributed by atoms with Crippen LogP contribution in [-0.4, -0.2) is 19.7 Å². The van der Waals surface area contributed by atoms with Gasteiger partial charge in [0.15, 0.2) is 0 Å². The largest absolute Gasteiger partial charge is 0.383 e. The highest BCUT2D eigenvalue weighted by Gasteiger charge is 2.09. The second kappa shape index (κ2) is 5.16. The van der Waals surface area contributed by atoms with Crippen LogP contribution in [0.1, 0.15) is 30.8 Å². The third-order valence-corrected chi connectivity index (χ3v) is 2.72. The van der Waals surface area contributed by atoms with E-state index in [1.54, 1.807) is 12.5 Å². The molecular formula is C13H19N5. The fourth-order valence-electron chi connectivity index (χ4n) is 1.88. The zero-order valence-corrected chi connectivity index (χ0v) is 11.1. The third kappa shape index (κ3) is 2.85. The van der Waals surface area contributed by atoms with Gasteiger partial charge in [-0.25, -0.2) is 14.6 Å². The maximum absolute atomic E-state index is 5.89. The molecule has 0 aliphatic carbocycles. The topological polar surface area (TPSA) is 69.6 Å². The highest BCUT2D eigenvalue weighted by Crippen LogP contribution is 2.15. The van der Waals surface area contributed by atoms with E-state index in [0.29, 0.717) is 18.2 Å². The number of nitrogens with zero attached hydrogens (tertiary/aromatic N) is 4. The highest BCUT2D eigenvalue weighted by atomic mass is 15.3. The first kappa shape index (κ1) is 12.5. The lowest BCUT2D eigenvalue weighted by molar-refractivity contribution is 0.469. The molecular weight excluding hydrogens is 226 g/mol. The molecule has 5 heteroatoms. The van der Waals surface area contributed by atoms with Crippen molar-refractivity contribution in [2.24, 2.45) is 5.92 Å². The number of aromatic nitrogens is 4. The van der Waals surface area contributed by atoms with Gasteiger partial charge in [-0.15, -0.1) is 0 Å². The van der Waals surface area contributed by atoms with E-state index in [4.69, 9.17) is 5.73 Å². The van der Waals surface area contributed by atoms with Gasteiger partial charge in [0.2, 0.25) is 0 Å². The van der Waals surface area contributed by atoms with Crippen molar-refractivity contribution in [1.82, 2.24) is 19.7 Å². The number of aryl methyl sites for hydroxylation is 1. The summed E-state index contributed by atoms with van der Waals surface area (Å²) in [5.74, 6) is 2.04. The van der Waals surface area contributed by atoms with Crippen LogP contribution in [0.3, 0.4) is 0 Å². The summed E-state index contributed by atoms with van der Waals surface area (Å²) in [7, 11) is 0. The van der Waals surface area contributed by atoms with Crippen LogP contribution >= 0.6 is 0 Å². The van der Waals surface area contributed by atoms with Crippen LogP contribution in [0.4, 0.5) is 5.82 Å². The van der Waals surface area contributed by atoms with E-state index in [1.807, 2.05) is 11.6 Å². The summed E-state index contributed by atoms with van der Waals surface area (Å²) in [6.45, 7) is 7.20. The minimum atomic E-state index is 0.540. The monoisotopic (exact) mass is 245 g/mol. The van der Waals surface area contributed by atoms with Gasteiger partial charge in [0.05, 0.1) is 0 Å². The van der Waals surface area contributed by atoms with E-state index in [2.05, 4.69) is 35.0 Å². The van der Waals surface area contributed by atoms with Crippen molar-refractivity contribution in [3.63, 3.8) is 0 Å². The van der Waals surface area contributed by atoms with Crippen molar-refractivity contribution < 1.29 is 0 Å². The Balaban J connectivity index is 2.23. The van der Waals surface area contributed by atoms with Gasteiger partial charge in [-0.1, -0.05) is 19.9 Å². The summed E-state index contributed by atoms with van der Waals surface area (Å²) >= 11 is 0. The normalized spacial score (nSPS) is 11.1. The summed E-state index contributed by atoms with van der Waals surface area (Å²) in [6, 6.07) is 2.05. The third-order valence-electron chi connectivity index (χ3n) is 2.72. The lowest BCUT2D eigenvalue weighted by atomic mass is 10.1. The maximum Gasteiger partial charge on any atom is 0.138 e. The maximum atomic E-state index is 5.89. The van der Waals surface area contributed by atoms with E-state index < -0.39 is 0 Å². The average molecular weight is 245 g/mol. The van der Waals surface area contributed by atoms with Gasteiger partial charge in [-0.3, -0.25) is 0 Å². The molecule has 2 heterocycles. The molecule has 0 amide bonds. The Labute approximate surface area is 107 Å². The van der Waals surface area contributed by atoms with Gasteiger partial charge in [0.1, 0.15) is 18.0 Å². The lowest BCUT2D eigenvalue weighted by Gasteiger charge is -2.09. The van der Waals surface area contributed by atoms with Gasteiger partial charge < -0.3 is 5.73 Å². The lowest BCUT2D eigenvalue weighted by Crippen LogP contribution is -2.11. The molecule has 0 bridgehead atoms. The number of anilines is 1. The molecule has 2 aromatic rings. The van der Waals surface area contributed by atoms with Crippen LogP contribution in [0.15, 0.2) is 18.6 Å². The number of hydrogen-bond acceptors (Lipinski definition) is 4. The Kier molecular flexibility index (Phi) is 3.60. The molecule has 0 unspecified atom stereocenters. The van der Waals surface area contributed by atoms with Crippen LogP contribution < -0.4 is 5.73 Å². The smallest absolute Gasteiger partial charge is 0.138 e. The summed E-state index contributed by atoms with van der Waals surface area (Å²) in [5.41, 5.74) is 8.00. The van der Waals surface area contributed by atoms with Gasteiger partial charge in [0, 0.05) is 24.7 Å². The first-order chi connectivity index (χ1) is 8.56. The second-order valence-electron chi connectivity index (χ2n) is 4.99. The standard InChI is InChI=1S/C13H19N5/c1-9(2)7-18-12(16-8-17-18)5-11-4-10(3)6-15-13(11)14/h4,6,8-9H,5,7H2,1-3H3,(H2,14,15). The Morgan fingerprint density at radius 3 is 2.83 bits per heavy atom. The van der Waals surface area contributed by atoms with Gasteiger partial charge in [0.25, 0.3) is 0 Å². The molecule has 2 N–H and O–H groups in total. The van der Waals surface area contributed by atoms with Crippen LogP contribution in [0.25, 0.3) is 0 Å².